The smallest absolute Gasteiger partial charge is 0.569 e. The molecule has 0 bridgehead atoms. The average Bonchev–Trinajstić information content (AvgIpc) is 1.72. The monoisotopic (exact) mass is 184 g/mol. The largest absolute Gasteiger partial charge is 1.00 e. The van der Waals surface area contributed by atoms with Crippen molar-refractivity contribution in [2.45, 2.75) is 0 Å². The summed E-state index contributed by atoms with van der Waals surface area (Å²) in [5, 5.41) is 6.75. The van der Waals surface area contributed by atoms with Gasteiger partial charge in [0.15, 0.2) is 0 Å². The van der Waals surface area contributed by atoms with Crippen LogP contribution in [0.2, 0.25) is 0 Å². The summed E-state index contributed by atoms with van der Waals surface area (Å²) in [6.45, 7) is 0. The SMILES string of the molecule is O=S(O)S(=O)O.[CH2-]O.[Na+]. The Morgan fingerprint density at radius 1 is 1.00 bits per heavy atom. The molecule has 0 aliphatic heterocycles. The van der Waals surface area contributed by atoms with Crippen LogP contribution in [0.4, 0.5) is 0 Å². The van der Waals surface area contributed by atoms with Crippen LogP contribution in [0.1, 0.15) is 0 Å². The van der Waals surface area contributed by atoms with E-state index in [4.69, 9.17) is 14.2 Å². The molecule has 0 aliphatic rings. The van der Waals surface area contributed by atoms with Gasteiger partial charge in [-0.25, -0.2) is 15.5 Å². The number of hydrogen-bond acceptors (Lipinski definition) is 3. The summed E-state index contributed by atoms with van der Waals surface area (Å²) in [4.78, 5) is 0. The summed E-state index contributed by atoms with van der Waals surface area (Å²) >= 11 is 0. The van der Waals surface area contributed by atoms with Crippen molar-refractivity contribution in [1.29, 1.82) is 0 Å². The topological polar surface area (TPSA) is 94.8 Å². The molecule has 2 unspecified atom stereocenters. The first-order valence-corrected chi connectivity index (χ1v) is 3.91. The molecule has 0 radical (unpaired) electrons. The molecule has 5 nitrogen and oxygen atoms in total. The fraction of sp³-hybridized carbons (Fsp3) is 0. The van der Waals surface area contributed by atoms with Crippen molar-refractivity contribution in [1.82, 2.24) is 0 Å². The Kier molecular flexibility index (Phi) is 22.0. The molecule has 0 amide bonds. The van der Waals surface area contributed by atoms with Gasteiger partial charge in [0.2, 0.25) is 0 Å². The van der Waals surface area contributed by atoms with Gasteiger partial charge in [-0.15, -0.1) is 0 Å². The molecule has 0 fully saturated rings. The van der Waals surface area contributed by atoms with Crippen LogP contribution >= 0.6 is 0 Å². The summed E-state index contributed by atoms with van der Waals surface area (Å²) in [5.41, 5.74) is 0. The fourth-order valence-electron chi connectivity index (χ4n) is 0. The minimum Gasteiger partial charge on any atom is -0.569 e. The van der Waals surface area contributed by atoms with Crippen molar-refractivity contribution in [3.8, 4) is 0 Å². The molecule has 0 aromatic heterocycles. The molecular formula is CH5NaO5S2. The molecule has 0 aliphatic carbocycles. The van der Waals surface area contributed by atoms with E-state index in [0.717, 1.165) is 0 Å². The molecule has 0 aromatic carbocycles. The first-order chi connectivity index (χ1) is 3.64. The van der Waals surface area contributed by atoms with E-state index >= 15 is 0 Å². The van der Waals surface area contributed by atoms with Crippen LogP contribution in [0.15, 0.2) is 0 Å². The van der Waals surface area contributed by atoms with Gasteiger partial charge in [-0.1, -0.05) is 0 Å². The third-order valence-corrected chi connectivity index (χ3v) is 1.10. The van der Waals surface area contributed by atoms with Crippen LogP contribution in [-0.2, 0) is 20.2 Å². The van der Waals surface area contributed by atoms with E-state index < -0.39 is 20.2 Å². The second-order valence-corrected chi connectivity index (χ2v) is 3.01. The van der Waals surface area contributed by atoms with Gasteiger partial charge in [0.05, 0.1) is 0 Å². The maximum atomic E-state index is 9.26. The summed E-state index contributed by atoms with van der Waals surface area (Å²) in [7, 11) is -2.93. The number of aliphatic hydroxyl groups is 1. The maximum Gasteiger partial charge on any atom is 1.00 e. The predicted molar refractivity (Wildman–Crippen MR) is 28.8 cm³/mol. The first-order valence-electron chi connectivity index (χ1n) is 1.18. The second-order valence-electron chi connectivity index (χ2n) is 0.434. The van der Waals surface area contributed by atoms with Crippen molar-refractivity contribution in [3.63, 3.8) is 0 Å². The zero-order valence-corrected chi connectivity index (χ0v) is 8.31. The molecular weight excluding hydrogens is 179 g/mol. The zero-order valence-electron chi connectivity index (χ0n) is 4.68. The van der Waals surface area contributed by atoms with Gasteiger partial charge < -0.3 is 5.11 Å². The van der Waals surface area contributed by atoms with Gasteiger partial charge in [-0.2, -0.15) is 0 Å². The van der Waals surface area contributed by atoms with E-state index in [9.17, 15) is 8.42 Å². The summed E-state index contributed by atoms with van der Waals surface area (Å²) < 4.78 is 33.6. The van der Waals surface area contributed by atoms with E-state index in [1.165, 1.54) is 0 Å². The van der Waals surface area contributed by atoms with Crippen molar-refractivity contribution in [2.75, 3.05) is 0 Å². The number of hydrogen-bond donors (Lipinski definition) is 3. The third kappa shape index (κ3) is 17.6. The summed E-state index contributed by atoms with van der Waals surface area (Å²) in [5.74, 6) is 0. The Labute approximate surface area is 79.1 Å². The van der Waals surface area contributed by atoms with E-state index in [1.54, 1.807) is 0 Å². The second kappa shape index (κ2) is 11.9. The normalized spacial score (nSPS) is 13.8. The molecule has 52 valence electrons. The molecule has 0 rings (SSSR count). The molecule has 8 heteroatoms. The van der Waals surface area contributed by atoms with Crippen LogP contribution in [0.3, 0.4) is 0 Å². The Morgan fingerprint density at radius 2 is 1.11 bits per heavy atom. The van der Waals surface area contributed by atoms with E-state index in [-0.39, 0.29) is 29.6 Å². The van der Waals surface area contributed by atoms with Gasteiger partial charge in [-0.05, 0) is 0 Å². The third-order valence-electron chi connectivity index (χ3n) is 0.122. The molecule has 0 spiro atoms. The van der Waals surface area contributed by atoms with E-state index in [2.05, 4.69) is 7.11 Å². The van der Waals surface area contributed by atoms with Crippen molar-refractivity contribution in [3.05, 3.63) is 7.11 Å². The quantitative estimate of drug-likeness (QED) is 0.170. The molecule has 0 heterocycles. The van der Waals surface area contributed by atoms with Gasteiger partial charge in [0.25, 0.3) is 20.2 Å². The molecule has 9 heavy (non-hydrogen) atoms. The van der Waals surface area contributed by atoms with E-state index in [0.29, 0.717) is 0 Å². The molecule has 3 N–H and O–H groups in total. The first kappa shape index (κ1) is 16.6. The van der Waals surface area contributed by atoms with Crippen LogP contribution in [-0.4, -0.2) is 22.6 Å². The van der Waals surface area contributed by atoms with Crippen molar-refractivity contribution in [2.24, 2.45) is 0 Å². The van der Waals surface area contributed by atoms with Crippen LogP contribution in [0.5, 0.6) is 0 Å². The van der Waals surface area contributed by atoms with Crippen LogP contribution < -0.4 is 29.6 Å². The molecule has 0 saturated heterocycles. The van der Waals surface area contributed by atoms with Gasteiger partial charge >= 0.3 is 29.6 Å². The average molecular weight is 184 g/mol. The van der Waals surface area contributed by atoms with E-state index in [1.807, 2.05) is 0 Å². The Balaban J connectivity index is -0.000000109. The Morgan fingerprint density at radius 3 is 1.11 bits per heavy atom. The maximum absolute atomic E-state index is 9.26. The fourth-order valence-corrected chi connectivity index (χ4v) is 0. The Hall–Kier alpha value is 1.18. The van der Waals surface area contributed by atoms with Crippen molar-refractivity contribution >= 4 is 20.2 Å². The Bertz CT molecular complexity index is 81.0. The summed E-state index contributed by atoms with van der Waals surface area (Å²) in [6.07, 6.45) is 0. The molecule has 2 atom stereocenters. The van der Waals surface area contributed by atoms with Gasteiger partial charge in [0, 0.05) is 0 Å². The minimum atomic E-state index is -2.59. The molecule has 0 saturated carbocycles. The zero-order chi connectivity index (χ0) is 7.15. The van der Waals surface area contributed by atoms with Gasteiger partial charge in [0.1, 0.15) is 0 Å². The predicted octanol–water partition coefficient (Wildman–Crippen LogP) is -3.50. The van der Waals surface area contributed by atoms with Crippen LogP contribution in [0.25, 0.3) is 0 Å². The standard InChI is InChI=1S/CH3O.Na.H2O4S2/c1-2;;1-5(2)6(3)4/h2H,1H2;;(H,1,2)(H,3,4)/q-1;+1;. The van der Waals surface area contributed by atoms with Crippen LogP contribution in [0, 0.1) is 7.11 Å². The summed E-state index contributed by atoms with van der Waals surface area (Å²) in [6, 6.07) is 0. The van der Waals surface area contributed by atoms with Crippen molar-refractivity contribution < 1.29 is 52.2 Å². The molecule has 0 aromatic rings. The number of rotatable bonds is 1. The minimum absolute atomic E-state index is 0. The van der Waals surface area contributed by atoms with Gasteiger partial charge in [-0.3, -0.25) is 9.11 Å². The number of aliphatic hydroxyl groups excluding tert-OH is 1.